The molecule has 1 fully saturated rings. The Kier molecular flexibility index (Phi) is 5.96. The Balaban J connectivity index is 2.19. The Hall–Kier alpha value is -0.570. The molecule has 0 bridgehead atoms. The zero-order valence-electron chi connectivity index (χ0n) is 11.7. The van der Waals surface area contributed by atoms with Crippen molar-refractivity contribution in [1.29, 1.82) is 0 Å². The van der Waals surface area contributed by atoms with Gasteiger partial charge in [-0.05, 0) is 26.8 Å². The molecule has 1 amide bonds. The summed E-state index contributed by atoms with van der Waals surface area (Å²) in [5.74, 6) is 0.176. The van der Waals surface area contributed by atoms with Crippen LogP contribution in [0.25, 0.3) is 0 Å². The molecule has 1 aliphatic rings. The number of unbranched alkanes of at least 4 members (excludes halogenated alkanes) is 5. The lowest BCUT2D eigenvalue weighted by Crippen LogP contribution is -2.61. The zero-order chi connectivity index (χ0) is 12.7. The van der Waals surface area contributed by atoms with E-state index < -0.39 is 0 Å². The van der Waals surface area contributed by atoms with Gasteiger partial charge < -0.3 is 5.32 Å². The minimum atomic E-state index is -0.318. The van der Waals surface area contributed by atoms with Gasteiger partial charge in [-0.25, -0.2) is 0 Å². The van der Waals surface area contributed by atoms with Gasteiger partial charge in [0.1, 0.15) is 0 Å². The fourth-order valence-electron chi connectivity index (χ4n) is 2.42. The molecule has 0 aromatic carbocycles. The van der Waals surface area contributed by atoms with Gasteiger partial charge in [-0.15, -0.1) is 0 Å². The molecule has 0 saturated carbocycles. The van der Waals surface area contributed by atoms with Crippen molar-refractivity contribution in [2.45, 2.75) is 64.8 Å². The molecule has 17 heavy (non-hydrogen) atoms. The predicted octanol–water partition coefficient (Wildman–Crippen LogP) is 2.56. The average Bonchev–Trinajstić information content (AvgIpc) is 2.29. The SMILES string of the molecule is CCCCCCCCN1CCNC(=O)C1(C)C. The van der Waals surface area contributed by atoms with Gasteiger partial charge in [-0.3, -0.25) is 9.69 Å². The summed E-state index contributed by atoms with van der Waals surface area (Å²) in [6, 6.07) is 0. The summed E-state index contributed by atoms with van der Waals surface area (Å²) in [5.41, 5.74) is -0.318. The van der Waals surface area contributed by atoms with E-state index in [9.17, 15) is 4.79 Å². The normalized spacial score (nSPS) is 20.3. The quantitative estimate of drug-likeness (QED) is 0.694. The van der Waals surface area contributed by atoms with Crippen LogP contribution >= 0.6 is 0 Å². The highest BCUT2D eigenvalue weighted by molar-refractivity contribution is 5.86. The highest BCUT2D eigenvalue weighted by Gasteiger charge is 2.36. The molecule has 1 saturated heterocycles. The highest BCUT2D eigenvalue weighted by Crippen LogP contribution is 2.18. The molecular formula is C14H28N2O. The number of rotatable bonds is 7. The molecule has 0 spiro atoms. The number of hydrogen-bond acceptors (Lipinski definition) is 2. The van der Waals surface area contributed by atoms with Crippen molar-refractivity contribution in [2.75, 3.05) is 19.6 Å². The fraction of sp³-hybridized carbons (Fsp3) is 0.929. The molecule has 0 atom stereocenters. The number of piperazine rings is 1. The van der Waals surface area contributed by atoms with Crippen LogP contribution in [-0.2, 0) is 4.79 Å². The summed E-state index contributed by atoms with van der Waals surface area (Å²) in [7, 11) is 0. The van der Waals surface area contributed by atoms with E-state index in [2.05, 4.69) is 17.1 Å². The highest BCUT2D eigenvalue weighted by atomic mass is 16.2. The molecule has 0 aliphatic carbocycles. The Labute approximate surface area is 106 Å². The van der Waals surface area contributed by atoms with E-state index in [-0.39, 0.29) is 11.4 Å². The van der Waals surface area contributed by atoms with Crippen LogP contribution in [0.4, 0.5) is 0 Å². The van der Waals surface area contributed by atoms with Crippen molar-refractivity contribution in [3.63, 3.8) is 0 Å². The van der Waals surface area contributed by atoms with E-state index in [1.165, 1.54) is 38.5 Å². The van der Waals surface area contributed by atoms with E-state index in [1.54, 1.807) is 0 Å². The Morgan fingerprint density at radius 2 is 1.82 bits per heavy atom. The van der Waals surface area contributed by atoms with Crippen LogP contribution in [0.15, 0.2) is 0 Å². The van der Waals surface area contributed by atoms with Crippen molar-refractivity contribution < 1.29 is 4.79 Å². The third-order valence-corrected chi connectivity index (χ3v) is 3.80. The van der Waals surface area contributed by atoms with Crippen LogP contribution in [0.3, 0.4) is 0 Å². The molecule has 3 heteroatoms. The van der Waals surface area contributed by atoms with Crippen molar-refractivity contribution in [3.8, 4) is 0 Å². The third-order valence-electron chi connectivity index (χ3n) is 3.80. The lowest BCUT2D eigenvalue weighted by molar-refractivity contribution is -0.135. The largest absolute Gasteiger partial charge is 0.353 e. The summed E-state index contributed by atoms with van der Waals surface area (Å²) < 4.78 is 0. The van der Waals surface area contributed by atoms with E-state index >= 15 is 0 Å². The number of hydrogen-bond donors (Lipinski definition) is 1. The zero-order valence-corrected chi connectivity index (χ0v) is 11.7. The maximum atomic E-state index is 11.7. The first-order valence-corrected chi connectivity index (χ1v) is 7.12. The summed E-state index contributed by atoms with van der Waals surface area (Å²) in [4.78, 5) is 14.1. The second kappa shape index (κ2) is 7.00. The first-order chi connectivity index (χ1) is 8.09. The fourth-order valence-corrected chi connectivity index (χ4v) is 2.42. The standard InChI is InChI=1S/C14H28N2O/c1-4-5-6-7-8-9-11-16-12-10-15-13(17)14(16,2)3/h4-12H2,1-3H3,(H,15,17). The smallest absolute Gasteiger partial charge is 0.239 e. The lowest BCUT2D eigenvalue weighted by atomic mass is 9.98. The second-order valence-corrected chi connectivity index (χ2v) is 5.57. The molecule has 100 valence electrons. The first-order valence-electron chi connectivity index (χ1n) is 7.12. The van der Waals surface area contributed by atoms with Crippen LogP contribution in [-0.4, -0.2) is 36.0 Å². The maximum absolute atomic E-state index is 11.7. The van der Waals surface area contributed by atoms with Gasteiger partial charge in [0, 0.05) is 13.1 Å². The van der Waals surface area contributed by atoms with Crippen molar-refractivity contribution in [2.24, 2.45) is 0 Å². The molecule has 0 aromatic rings. The topological polar surface area (TPSA) is 32.3 Å². The van der Waals surface area contributed by atoms with Crippen LogP contribution < -0.4 is 5.32 Å². The molecular weight excluding hydrogens is 212 g/mol. The summed E-state index contributed by atoms with van der Waals surface area (Å²) in [5, 5.41) is 2.94. The van der Waals surface area contributed by atoms with Crippen LogP contribution in [0.2, 0.25) is 0 Å². The number of nitrogens with one attached hydrogen (secondary N) is 1. The number of nitrogens with zero attached hydrogens (tertiary/aromatic N) is 1. The van der Waals surface area contributed by atoms with E-state index in [1.807, 2.05) is 13.8 Å². The molecule has 1 aliphatic heterocycles. The predicted molar refractivity (Wildman–Crippen MR) is 72.0 cm³/mol. The van der Waals surface area contributed by atoms with Gasteiger partial charge in [0.15, 0.2) is 0 Å². The minimum absolute atomic E-state index is 0.176. The van der Waals surface area contributed by atoms with Crippen LogP contribution in [0.5, 0.6) is 0 Å². The van der Waals surface area contributed by atoms with Gasteiger partial charge >= 0.3 is 0 Å². The van der Waals surface area contributed by atoms with Gasteiger partial charge in [-0.1, -0.05) is 39.0 Å². The monoisotopic (exact) mass is 240 g/mol. The van der Waals surface area contributed by atoms with E-state index in [0.29, 0.717) is 0 Å². The summed E-state index contributed by atoms with van der Waals surface area (Å²) in [6.07, 6.45) is 7.89. The molecule has 0 radical (unpaired) electrons. The molecule has 3 nitrogen and oxygen atoms in total. The third kappa shape index (κ3) is 4.30. The second-order valence-electron chi connectivity index (χ2n) is 5.57. The number of amides is 1. The van der Waals surface area contributed by atoms with Gasteiger partial charge in [0.05, 0.1) is 5.54 Å². The maximum Gasteiger partial charge on any atom is 0.239 e. The molecule has 1 rings (SSSR count). The van der Waals surface area contributed by atoms with Crippen LogP contribution in [0.1, 0.15) is 59.3 Å². The molecule has 0 aromatic heterocycles. The van der Waals surface area contributed by atoms with Gasteiger partial charge in [0.25, 0.3) is 0 Å². The van der Waals surface area contributed by atoms with E-state index in [4.69, 9.17) is 0 Å². The molecule has 1 heterocycles. The van der Waals surface area contributed by atoms with Crippen LogP contribution in [0, 0.1) is 0 Å². The Morgan fingerprint density at radius 1 is 1.18 bits per heavy atom. The van der Waals surface area contributed by atoms with E-state index in [0.717, 1.165) is 19.6 Å². The lowest BCUT2D eigenvalue weighted by Gasteiger charge is -2.41. The number of carbonyl (C=O) groups excluding carboxylic acids is 1. The Morgan fingerprint density at radius 3 is 2.53 bits per heavy atom. The minimum Gasteiger partial charge on any atom is -0.353 e. The van der Waals surface area contributed by atoms with Crippen molar-refractivity contribution in [3.05, 3.63) is 0 Å². The van der Waals surface area contributed by atoms with Gasteiger partial charge in [-0.2, -0.15) is 0 Å². The molecule has 1 N–H and O–H groups in total. The number of carbonyl (C=O) groups is 1. The summed E-state index contributed by atoms with van der Waals surface area (Å²) >= 11 is 0. The first kappa shape index (κ1) is 14.5. The van der Waals surface area contributed by atoms with Crippen molar-refractivity contribution >= 4 is 5.91 Å². The van der Waals surface area contributed by atoms with Crippen molar-refractivity contribution in [1.82, 2.24) is 10.2 Å². The average molecular weight is 240 g/mol. The molecule has 0 unspecified atom stereocenters. The van der Waals surface area contributed by atoms with Gasteiger partial charge in [0.2, 0.25) is 5.91 Å². The summed E-state index contributed by atoms with van der Waals surface area (Å²) in [6.45, 7) is 9.16. The Bertz CT molecular complexity index is 238.